The van der Waals surface area contributed by atoms with E-state index in [0.717, 1.165) is 38.5 Å². The number of carbonyl (C=O) groups is 4. The van der Waals surface area contributed by atoms with Crippen LogP contribution in [0.5, 0.6) is 0 Å². The summed E-state index contributed by atoms with van der Waals surface area (Å²) in [6.45, 7) is 4.51. The van der Waals surface area contributed by atoms with Gasteiger partial charge in [0.25, 0.3) is 0 Å². The van der Waals surface area contributed by atoms with Gasteiger partial charge in [-0.25, -0.2) is 0 Å². The Morgan fingerprint density at radius 2 is 0.729 bits per heavy atom. The van der Waals surface area contributed by atoms with Crippen molar-refractivity contribution >= 4 is 23.9 Å². The van der Waals surface area contributed by atoms with Crippen molar-refractivity contribution in [1.82, 2.24) is 0 Å². The summed E-state index contributed by atoms with van der Waals surface area (Å²) >= 11 is 0. The summed E-state index contributed by atoms with van der Waals surface area (Å²) in [6.07, 6.45) is 42.3. The smallest absolute Gasteiger partial charge is 0.550 e. The third-order valence-electron chi connectivity index (χ3n) is 8.05. The number of hydrogen-bond donors (Lipinski definition) is 0. The SMILES string of the molecule is CCCCCCCCC=CCCCCCCCC(=O)[O-].CCCCCCCCC=CCCCCCCCC(=O)[O-].O=C1CCC(=O)O1.[Cu+2]. The topological polar surface area (TPSA) is 124 Å². The fraction of sp³-hybridized carbons (Fsp3) is 0.800. The fourth-order valence-corrected chi connectivity index (χ4v) is 5.11. The second kappa shape index (κ2) is 43.1. The summed E-state index contributed by atoms with van der Waals surface area (Å²) in [7, 11) is 0. The Hall–Kier alpha value is -1.92. The number of ether oxygens (including phenoxy) is 1. The van der Waals surface area contributed by atoms with E-state index in [1.54, 1.807) is 0 Å². The zero-order chi connectivity index (χ0) is 35.1. The molecule has 7 nitrogen and oxygen atoms in total. The molecule has 0 N–H and O–H groups in total. The largest absolute Gasteiger partial charge is 2.00 e. The molecule has 1 saturated heterocycles. The van der Waals surface area contributed by atoms with E-state index in [0.29, 0.717) is 0 Å². The molecule has 8 heteroatoms. The number of carboxylic acid groups (broad SMARTS) is 2. The molecule has 0 saturated carbocycles. The van der Waals surface area contributed by atoms with Crippen LogP contribution in [0, 0.1) is 0 Å². The van der Waals surface area contributed by atoms with Crippen molar-refractivity contribution in [2.24, 2.45) is 0 Å². The van der Waals surface area contributed by atoms with Gasteiger partial charge in [0.15, 0.2) is 0 Å². The first-order valence-corrected chi connectivity index (χ1v) is 19.3. The summed E-state index contributed by atoms with van der Waals surface area (Å²) in [5.41, 5.74) is 0. The van der Waals surface area contributed by atoms with Crippen LogP contribution in [0.15, 0.2) is 24.3 Å². The molecule has 1 aliphatic rings. The van der Waals surface area contributed by atoms with Crippen molar-refractivity contribution in [3.8, 4) is 0 Å². The molecule has 1 radical (unpaired) electrons. The van der Waals surface area contributed by atoms with Gasteiger partial charge in [0.1, 0.15) is 0 Å². The number of cyclic esters (lactones) is 2. The van der Waals surface area contributed by atoms with Crippen molar-refractivity contribution in [3.63, 3.8) is 0 Å². The van der Waals surface area contributed by atoms with Crippen LogP contribution in [-0.2, 0) is 41.0 Å². The molecule has 1 aliphatic heterocycles. The molecule has 1 heterocycles. The Balaban J connectivity index is -0.000000688. The zero-order valence-corrected chi connectivity index (χ0v) is 31.6. The Kier molecular flexibility index (Phi) is 45.3. The quantitative estimate of drug-likeness (QED) is 0.0238. The summed E-state index contributed by atoms with van der Waals surface area (Å²) in [6, 6.07) is 0. The van der Waals surface area contributed by atoms with Crippen LogP contribution < -0.4 is 10.2 Å². The number of carbonyl (C=O) groups excluding carboxylic acids is 4. The third-order valence-corrected chi connectivity index (χ3v) is 8.05. The van der Waals surface area contributed by atoms with E-state index in [1.165, 1.54) is 128 Å². The second-order valence-corrected chi connectivity index (χ2v) is 12.8. The van der Waals surface area contributed by atoms with Gasteiger partial charge in [-0.1, -0.05) is 141 Å². The fourth-order valence-electron chi connectivity index (χ4n) is 5.11. The molecule has 0 aromatic rings. The number of carboxylic acids is 2. The molecule has 0 aromatic carbocycles. The van der Waals surface area contributed by atoms with Gasteiger partial charge in [0.2, 0.25) is 0 Å². The van der Waals surface area contributed by atoms with Crippen LogP contribution in [0.25, 0.3) is 0 Å². The molecule has 0 spiro atoms. The molecule has 1 fully saturated rings. The van der Waals surface area contributed by atoms with Crippen LogP contribution in [0.3, 0.4) is 0 Å². The first kappa shape index (κ1) is 50.5. The molecule has 0 bridgehead atoms. The minimum atomic E-state index is -0.914. The van der Waals surface area contributed by atoms with E-state index in [9.17, 15) is 29.4 Å². The summed E-state index contributed by atoms with van der Waals surface area (Å²) in [5, 5.41) is 20.4. The maximum Gasteiger partial charge on any atom is 2.00 e. The van der Waals surface area contributed by atoms with Gasteiger partial charge >= 0.3 is 29.0 Å². The Bertz CT molecular complexity index is 730. The average Bonchev–Trinajstić information content (AvgIpc) is 3.43. The molecule has 0 unspecified atom stereocenters. The first-order chi connectivity index (χ1) is 22.8. The first-order valence-electron chi connectivity index (χ1n) is 19.3. The van der Waals surface area contributed by atoms with Crippen molar-refractivity contribution < 1.29 is 51.2 Å². The predicted molar refractivity (Wildman–Crippen MR) is 189 cm³/mol. The summed E-state index contributed by atoms with van der Waals surface area (Å²) in [5.74, 6) is -2.62. The van der Waals surface area contributed by atoms with Crippen molar-refractivity contribution in [2.45, 2.75) is 206 Å². The van der Waals surface area contributed by atoms with Crippen molar-refractivity contribution in [1.29, 1.82) is 0 Å². The van der Waals surface area contributed by atoms with Crippen molar-refractivity contribution in [3.05, 3.63) is 24.3 Å². The van der Waals surface area contributed by atoms with E-state index in [4.69, 9.17) is 0 Å². The standard InChI is InChI=1S/2C18H34O2.C4H4O3.Cu/c2*1-2-3-4-5-6-7-8-9-10-11-12-13-14-15-16-17-18(19)20;5-3-1-2-4(6)7-3;/h2*9-10H,2-8,11-17H2,1H3,(H,19,20);1-2H2;/q;;;+2/p-2. The van der Waals surface area contributed by atoms with Gasteiger partial charge in [-0.05, 0) is 77.0 Å². The molecule has 0 aliphatic carbocycles. The van der Waals surface area contributed by atoms with Crippen LogP contribution in [0.2, 0.25) is 0 Å². The van der Waals surface area contributed by atoms with E-state index in [1.807, 2.05) is 0 Å². The number of hydrogen-bond acceptors (Lipinski definition) is 7. The average molecular weight is 727 g/mol. The minimum Gasteiger partial charge on any atom is -0.550 e. The van der Waals surface area contributed by atoms with E-state index in [-0.39, 0.29) is 42.8 Å². The van der Waals surface area contributed by atoms with Crippen LogP contribution in [0.1, 0.15) is 206 Å². The van der Waals surface area contributed by atoms with Gasteiger partial charge in [-0.3, -0.25) is 9.59 Å². The van der Waals surface area contributed by atoms with Gasteiger partial charge in [-0.15, -0.1) is 0 Å². The second-order valence-electron chi connectivity index (χ2n) is 12.8. The maximum absolute atomic E-state index is 10.2. The van der Waals surface area contributed by atoms with Crippen LogP contribution in [-0.4, -0.2) is 23.9 Å². The number of allylic oxidation sites excluding steroid dienone is 4. The molecule has 0 atom stereocenters. The number of unbranched alkanes of at least 4 members (excludes halogenated alkanes) is 22. The van der Waals surface area contributed by atoms with Gasteiger partial charge in [-0.2, -0.15) is 0 Å². The van der Waals surface area contributed by atoms with E-state index >= 15 is 0 Å². The van der Waals surface area contributed by atoms with Crippen LogP contribution in [0.4, 0.5) is 0 Å². The number of rotatable bonds is 30. The predicted octanol–water partition coefficient (Wildman–Crippen LogP) is 9.40. The maximum atomic E-state index is 10.2. The zero-order valence-electron chi connectivity index (χ0n) is 30.7. The summed E-state index contributed by atoms with van der Waals surface area (Å²) in [4.78, 5) is 40.4. The number of esters is 2. The van der Waals surface area contributed by atoms with Gasteiger partial charge < -0.3 is 24.5 Å². The monoisotopic (exact) mass is 725 g/mol. The molecule has 1 rings (SSSR count). The molecule has 48 heavy (non-hydrogen) atoms. The van der Waals surface area contributed by atoms with Gasteiger partial charge in [0, 0.05) is 11.9 Å². The van der Waals surface area contributed by atoms with Crippen LogP contribution >= 0.6 is 0 Å². The van der Waals surface area contributed by atoms with E-state index < -0.39 is 23.9 Å². The molecular formula is C40H70CuO7. The van der Waals surface area contributed by atoms with Crippen molar-refractivity contribution in [2.75, 3.05) is 0 Å². The Morgan fingerprint density at radius 3 is 0.958 bits per heavy atom. The minimum absolute atomic E-state index is 0. The molecule has 0 aromatic heterocycles. The van der Waals surface area contributed by atoms with E-state index in [2.05, 4.69) is 42.9 Å². The Labute approximate surface area is 305 Å². The summed E-state index contributed by atoms with van der Waals surface area (Å²) < 4.78 is 4.08. The molecule has 283 valence electrons. The van der Waals surface area contributed by atoms with Gasteiger partial charge in [0.05, 0.1) is 12.8 Å². The molecular weight excluding hydrogens is 656 g/mol. The number of aliphatic carboxylic acids is 2. The molecule has 0 amide bonds. The Morgan fingerprint density at radius 1 is 0.479 bits per heavy atom. The third kappa shape index (κ3) is 48.5. The normalized spacial score (nSPS) is 12.3.